The number of nitrogens with zero attached hydrogens (tertiary/aromatic N) is 4. The number of ether oxygens (including phenoxy) is 1. The number of halogens is 2. The van der Waals surface area contributed by atoms with Gasteiger partial charge in [-0.05, 0) is 43.6 Å². The highest BCUT2D eigenvalue weighted by molar-refractivity contribution is 7.17. The van der Waals surface area contributed by atoms with E-state index in [1.807, 2.05) is 6.07 Å². The summed E-state index contributed by atoms with van der Waals surface area (Å²) in [6, 6.07) is 6.45. The van der Waals surface area contributed by atoms with Crippen molar-refractivity contribution in [2.24, 2.45) is 0 Å². The van der Waals surface area contributed by atoms with Gasteiger partial charge in [-0.1, -0.05) is 36.3 Å². The highest BCUT2D eigenvalue weighted by atomic mass is 32.1. The second-order valence-corrected chi connectivity index (χ2v) is 7.56. The monoisotopic (exact) mass is 394 g/mol. The number of benzene rings is 1. The summed E-state index contributed by atoms with van der Waals surface area (Å²) in [6.07, 6.45) is 5.85. The number of aromatic nitrogens is 3. The minimum Gasteiger partial charge on any atom is -0.492 e. The van der Waals surface area contributed by atoms with Gasteiger partial charge in [0.05, 0.1) is 10.9 Å². The number of likely N-dealkylation sites (tertiary alicyclic amines) is 1. The Bertz CT molecular complexity index is 906. The fraction of sp³-hybridized carbons (Fsp3) is 0.444. The van der Waals surface area contributed by atoms with Crippen LogP contribution in [0.3, 0.4) is 0 Å². The van der Waals surface area contributed by atoms with Crippen molar-refractivity contribution in [2.45, 2.75) is 38.3 Å². The van der Waals surface area contributed by atoms with Crippen LogP contribution in [0.25, 0.3) is 4.96 Å². The lowest BCUT2D eigenvalue weighted by molar-refractivity contribution is -0.0499. The Morgan fingerprint density at radius 2 is 1.93 bits per heavy atom. The third kappa shape index (κ3) is 3.74. The van der Waals surface area contributed by atoms with Crippen LogP contribution in [0.15, 0.2) is 30.6 Å². The van der Waals surface area contributed by atoms with Gasteiger partial charge in [0.2, 0.25) is 10.8 Å². The van der Waals surface area contributed by atoms with Gasteiger partial charge in [-0.15, -0.1) is 0 Å². The van der Waals surface area contributed by atoms with E-state index in [2.05, 4.69) is 19.7 Å². The lowest BCUT2D eigenvalue weighted by Gasteiger charge is -2.30. The lowest BCUT2D eigenvalue weighted by Crippen LogP contribution is -2.30. The van der Waals surface area contributed by atoms with Gasteiger partial charge in [0.1, 0.15) is 12.1 Å². The molecule has 0 bridgehead atoms. The Labute approximate surface area is 159 Å². The molecule has 0 radical (unpaired) electrons. The zero-order valence-electron chi connectivity index (χ0n) is 14.6. The molecule has 144 valence electrons. The maximum absolute atomic E-state index is 12.7. The van der Waals surface area contributed by atoms with E-state index in [1.165, 1.54) is 41.1 Å². The first kappa shape index (κ1) is 18.1. The molecule has 1 aliphatic heterocycles. The average molecular weight is 394 g/mol. The van der Waals surface area contributed by atoms with Crippen LogP contribution in [0.2, 0.25) is 0 Å². The van der Waals surface area contributed by atoms with Crippen molar-refractivity contribution in [1.29, 1.82) is 0 Å². The Morgan fingerprint density at radius 1 is 1.15 bits per heavy atom. The largest absolute Gasteiger partial charge is 0.492 e. The van der Waals surface area contributed by atoms with Gasteiger partial charge in [-0.25, -0.2) is 4.98 Å². The van der Waals surface area contributed by atoms with E-state index in [0.717, 1.165) is 31.5 Å². The first-order valence-corrected chi connectivity index (χ1v) is 9.75. The molecule has 0 aliphatic carbocycles. The van der Waals surface area contributed by atoms with Crippen LogP contribution in [0.5, 0.6) is 11.6 Å². The number of hydrogen-bond donors (Lipinski definition) is 1. The molecule has 9 heteroatoms. The topological polar surface area (TPSA) is 62.9 Å². The Morgan fingerprint density at radius 3 is 2.63 bits per heavy atom. The highest BCUT2D eigenvalue weighted by Crippen LogP contribution is 2.41. The summed E-state index contributed by atoms with van der Waals surface area (Å²) in [5, 5.41) is 14.8. The van der Waals surface area contributed by atoms with E-state index < -0.39 is 6.61 Å². The second kappa shape index (κ2) is 7.77. The first-order chi connectivity index (χ1) is 13.1. The van der Waals surface area contributed by atoms with Crippen molar-refractivity contribution in [2.75, 3.05) is 13.1 Å². The molecule has 3 heterocycles. The van der Waals surface area contributed by atoms with Crippen molar-refractivity contribution >= 4 is 16.3 Å². The smallest absolute Gasteiger partial charge is 0.387 e. The molecule has 3 aromatic rings. The van der Waals surface area contributed by atoms with Crippen LogP contribution in [-0.2, 0) is 0 Å². The number of aromatic hydroxyl groups is 1. The van der Waals surface area contributed by atoms with Gasteiger partial charge in [0.15, 0.2) is 0 Å². The van der Waals surface area contributed by atoms with Crippen molar-refractivity contribution in [1.82, 2.24) is 19.5 Å². The van der Waals surface area contributed by atoms with Crippen molar-refractivity contribution in [3.05, 3.63) is 41.0 Å². The van der Waals surface area contributed by atoms with Crippen LogP contribution in [0.4, 0.5) is 8.78 Å². The van der Waals surface area contributed by atoms with Gasteiger partial charge in [-0.3, -0.25) is 4.90 Å². The Balaban J connectivity index is 1.78. The minimum absolute atomic E-state index is 0.0435. The molecule has 1 fully saturated rings. The SMILES string of the molecule is Oc1c([C@@H](c2cccc(OC(F)F)c2)N2CCCCCC2)sc2ncnn12. The Hall–Kier alpha value is -2.26. The summed E-state index contributed by atoms with van der Waals surface area (Å²) in [5.74, 6) is 0.156. The maximum Gasteiger partial charge on any atom is 0.387 e. The zero-order chi connectivity index (χ0) is 18.8. The number of hydrogen-bond acceptors (Lipinski definition) is 6. The molecule has 27 heavy (non-hydrogen) atoms. The van der Waals surface area contributed by atoms with E-state index >= 15 is 0 Å². The number of rotatable bonds is 5. The van der Waals surface area contributed by atoms with E-state index in [-0.39, 0.29) is 17.7 Å². The molecule has 0 saturated carbocycles. The van der Waals surface area contributed by atoms with Gasteiger partial charge in [-0.2, -0.15) is 18.4 Å². The molecule has 1 saturated heterocycles. The molecular formula is C18H20F2N4O2S. The molecule has 2 aromatic heterocycles. The molecule has 4 rings (SSSR count). The van der Waals surface area contributed by atoms with Gasteiger partial charge >= 0.3 is 6.61 Å². The molecular weight excluding hydrogens is 374 g/mol. The van der Waals surface area contributed by atoms with Gasteiger partial charge in [0, 0.05) is 0 Å². The van der Waals surface area contributed by atoms with Crippen LogP contribution >= 0.6 is 11.3 Å². The van der Waals surface area contributed by atoms with E-state index in [9.17, 15) is 13.9 Å². The molecule has 0 amide bonds. The molecule has 0 unspecified atom stereocenters. The predicted octanol–water partition coefficient (Wildman–Crippen LogP) is 4.06. The van der Waals surface area contributed by atoms with E-state index in [1.54, 1.807) is 12.1 Å². The van der Waals surface area contributed by atoms with Crippen molar-refractivity contribution in [3.8, 4) is 11.6 Å². The van der Waals surface area contributed by atoms with E-state index in [0.29, 0.717) is 9.84 Å². The third-order valence-corrected chi connectivity index (χ3v) is 5.88. The summed E-state index contributed by atoms with van der Waals surface area (Å²) in [5.41, 5.74) is 0.801. The summed E-state index contributed by atoms with van der Waals surface area (Å²) < 4.78 is 31.3. The highest BCUT2D eigenvalue weighted by Gasteiger charge is 2.30. The number of alkyl halides is 2. The third-order valence-electron chi connectivity index (χ3n) is 4.79. The molecule has 0 spiro atoms. The standard InChI is InChI=1S/C18H20F2N4O2S/c19-17(20)26-13-7-5-6-12(10-13)14(23-8-3-1-2-4-9-23)15-16(25)24-18(27-15)21-11-22-24/h5-7,10-11,14,17,25H,1-4,8-9H2/t14-/m1/s1. The molecule has 1 atom stereocenters. The fourth-order valence-electron chi connectivity index (χ4n) is 3.61. The van der Waals surface area contributed by atoms with E-state index in [4.69, 9.17) is 0 Å². The van der Waals surface area contributed by atoms with Crippen molar-refractivity contribution in [3.63, 3.8) is 0 Å². The number of fused-ring (bicyclic) bond motifs is 1. The summed E-state index contributed by atoms with van der Waals surface area (Å²) in [6.45, 7) is -1.13. The maximum atomic E-state index is 12.7. The number of thiazole rings is 1. The van der Waals surface area contributed by atoms with Crippen LogP contribution in [0, 0.1) is 0 Å². The molecule has 1 N–H and O–H groups in total. The summed E-state index contributed by atoms with van der Waals surface area (Å²) in [4.78, 5) is 7.77. The molecule has 1 aromatic carbocycles. The predicted molar refractivity (Wildman–Crippen MR) is 97.5 cm³/mol. The van der Waals surface area contributed by atoms with Crippen LogP contribution in [-0.4, -0.2) is 44.3 Å². The first-order valence-electron chi connectivity index (χ1n) is 8.93. The van der Waals surface area contributed by atoms with Gasteiger partial charge in [0.25, 0.3) is 0 Å². The van der Waals surface area contributed by atoms with Crippen molar-refractivity contribution < 1.29 is 18.6 Å². The van der Waals surface area contributed by atoms with Crippen LogP contribution < -0.4 is 4.74 Å². The summed E-state index contributed by atoms with van der Waals surface area (Å²) >= 11 is 1.36. The van der Waals surface area contributed by atoms with Gasteiger partial charge < -0.3 is 9.84 Å². The fourth-order valence-corrected chi connectivity index (χ4v) is 4.71. The minimum atomic E-state index is -2.88. The lowest BCUT2D eigenvalue weighted by atomic mass is 10.0. The molecule has 6 nitrogen and oxygen atoms in total. The quantitative estimate of drug-likeness (QED) is 0.707. The van der Waals surface area contributed by atoms with Crippen LogP contribution in [0.1, 0.15) is 42.2 Å². The summed E-state index contributed by atoms with van der Waals surface area (Å²) in [7, 11) is 0. The second-order valence-electron chi connectivity index (χ2n) is 6.55. The Kier molecular flexibility index (Phi) is 5.22. The average Bonchev–Trinajstić information content (AvgIpc) is 3.09. The molecule has 1 aliphatic rings. The zero-order valence-corrected chi connectivity index (χ0v) is 15.4. The normalized spacial score (nSPS) is 17.3.